The molecule has 0 heterocycles. The summed E-state index contributed by atoms with van der Waals surface area (Å²) in [6.07, 6.45) is 0. The molecule has 5 nitrogen and oxygen atoms in total. The molecule has 8 heteroatoms. The van der Waals surface area contributed by atoms with Crippen molar-refractivity contribution in [1.29, 1.82) is 0 Å². The SMILES string of the molecule is NC(=S)CNC(=O)C(=O)Nc1ccc(Cl)cc1Br. The first kappa shape index (κ1) is 14.9. The zero-order valence-corrected chi connectivity index (χ0v) is 12.2. The van der Waals surface area contributed by atoms with Crippen LogP contribution in [0.5, 0.6) is 0 Å². The van der Waals surface area contributed by atoms with Gasteiger partial charge in [0, 0.05) is 9.50 Å². The van der Waals surface area contributed by atoms with Crippen LogP contribution in [0.1, 0.15) is 0 Å². The molecule has 0 atom stereocenters. The molecule has 0 aliphatic rings. The van der Waals surface area contributed by atoms with Crippen molar-refractivity contribution in [3.8, 4) is 0 Å². The molecule has 0 saturated heterocycles. The number of nitrogens with one attached hydrogen (secondary N) is 2. The normalized spacial score (nSPS) is 9.67. The largest absolute Gasteiger partial charge is 0.392 e. The number of hydrogen-bond acceptors (Lipinski definition) is 3. The van der Waals surface area contributed by atoms with E-state index in [2.05, 4.69) is 38.8 Å². The van der Waals surface area contributed by atoms with Crippen molar-refractivity contribution >= 4 is 62.2 Å². The van der Waals surface area contributed by atoms with Crippen molar-refractivity contribution < 1.29 is 9.59 Å². The molecule has 0 bridgehead atoms. The van der Waals surface area contributed by atoms with Gasteiger partial charge in [-0.05, 0) is 34.1 Å². The molecule has 1 aromatic carbocycles. The maximum Gasteiger partial charge on any atom is 0.313 e. The number of benzene rings is 1. The number of hydrogen-bond donors (Lipinski definition) is 3. The van der Waals surface area contributed by atoms with Crippen LogP contribution >= 0.6 is 39.7 Å². The molecule has 18 heavy (non-hydrogen) atoms. The molecule has 0 unspecified atom stereocenters. The van der Waals surface area contributed by atoms with Gasteiger partial charge in [0.25, 0.3) is 0 Å². The van der Waals surface area contributed by atoms with E-state index in [1.54, 1.807) is 18.2 Å². The highest BCUT2D eigenvalue weighted by atomic mass is 79.9. The van der Waals surface area contributed by atoms with E-state index in [9.17, 15) is 9.59 Å². The lowest BCUT2D eigenvalue weighted by atomic mass is 10.3. The van der Waals surface area contributed by atoms with Crippen LogP contribution in [0.4, 0.5) is 5.69 Å². The van der Waals surface area contributed by atoms with Crippen LogP contribution in [0.2, 0.25) is 5.02 Å². The lowest BCUT2D eigenvalue weighted by Gasteiger charge is -2.07. The van der Waals surface area contributed by atoms with Crippen molar-refractivity contribution in [1.82, 2.24) is 5.32 Å². The van der Waals surface area contributed by atoms with E-state index in [0.29, 0.717) is 15.2 Å². The van der Waals surface area contributed by atoms with Gasteiger partial charge in [-0.1, -0.05) is 23.8 Å². The number of rotatable bonds is 3. The second-order valence-electron chi connectivity index (χ2n) is 3.23. The molecular formula is C10H9BrClN3O2S. The molecule has 1 rings (SSSR count). The first-order chi connectivity index (χ1) is 8.40. The van der Waals surface area contributed by atoms with Crippen LogP contribution in [0, 0.1) is 0 Å². The minimum atomic E-state index is -0.815. The Morgan fingerprint density at radius 2 is 2.06 bits per heavy atom. The summed E-state index contributed by atoms with van der Waals surface area (Å²) < 4.78 is 0.575. The highest BCUT2D eigenvalue weighted by Crippen LogP contribution is 2.25. The molecule has 0 saturated carbocycles. The molecule has 0 radical (unpaired) electrons. The predicted molar refractivity (Wildman–Crippen MR) is 77.6 cm³/mol. The maximum absolute atomic E-state index is 11.5. The minimum Gasteiger partial charge on any atom is -0.392 e. The van der Waals surface area contributed by atoms with Gasteiger partial charge < -0.3 is 16.4 Å². The van der Waals surface area contributed by atoms with Crippen molar-refractivity contribution in [3.63, 3.8) is 0 Å². The van der Waals surface area contributed by atoms with Gasteiger partial charge in [-0.3, -0.25) is 9.59 Å². The first-order valence-corrected chi connectivity index (χ1v) is 6.30. The third kappa shape index (κ3) is 4.59. The van der Waals surface area contributed by atoms with Gasteiger partial charge in [-0.15, -0.1) is 0 Å². The Balaban J connectivity index is 2.64. The fraction of sp³-hybridized carbons (Fsp3) is 0.100. The maximum atomic E-state index is 11.5. The molecule has 0 spiro atoms. The van der Waals surface area contributed by atoms with Crippen LogP contribution in [-0.2, 0) is 9.59 Å². The van der Waals surface area contributed by atoms with Crippen LogP contribution in [0.3, 0.4) is 0 Å². The zero-order valence-electron chi connectivity index (χ0n) is 9.00. The van der Waals surface area contributed by atoms with Gasteiger partial charge in [0.05, 0.1) is 17.2 Å². The average Bonchev–Trinajstić information content (AvgIpc) is 2.29. The van der Waals surface area contributed by atoms with Crippen molar-refractivity contribution in [2.75, 3.05) is 11.9 Å². The van der Waals surface area contributed by atoms with Gasteiger partial charge in [0.2, 0.25) is 0 Å². The summed E-state index contributed by atoms with van der Waals surface area (Å²) in [7, 11) is 0. The van der Waals surface area contributed by atoms with Gasteiger partial charge >= 0.3 is 11.8 Å². The Bertz CT molecular complexity index is 510. The fourth-order valence-electron chi connectivity index (χ4n) is 1.02. The topological polar surface area (TPSA) is 84.2 Å². The number of carbonyl (C=O) groups is 2. The minimum absolute atomic E-state index is 0.0244. The standard InChI is InChI=1S/C10H9BrClN3O2S/c11-6-3-5(12)1-2-7(6)15-10(17)9(16)14-4-8(13)18/h1-3H,4H2,(H2,13,18)(H,14,16)(H,15,17). The Labute approximate surface area is 122 Å². The molecule has 1 aromatic rings. The Morgan fingerprint density at radius 1 is 1.39 bits per heavy atom. The van der Waals surface area contributed by atoms with E-state index in [0.717, 1.165) is 0 Å². The van der Waals surface area contributed by atoms with Crippen LogP contribution < -0.4 is 16.4 Å². The quantitative estimate of drug-likeness (QED) is 0.569. The number of halogens is 2. The second kappa shape index (κ2) is 6.67. The van der Waals surface area contributed by atoms with Crippen molar-refractivity contribution in [2.45, 2.75) is 0 Å². The van der Waals surface area contributed by atoms with E-state index in [4.69, 9.17) is 17.3 Å². The third-order valence-corrected chi connectivity index (χ3v) is 2.84. The van der Waals surface area contributed by atoms with Crippen LogP contribution in [0.15, 0.2) is 22.7 Å². The lowest BCUT2D eigenvalue weighted by molar-refractivity contribution is -0.135. The van der Waals surface area contributed by atoms with Gasteiger partial charge in [0.15, 0.2) is 0 Å². The number of carbonyl (C=O) groups excluding carboxylic acids is 2. The number of nitrogens with two attached hydrogens (primary N) is 1. The van der Waals surface area contributed by atoms with Crippen LogP contribution in [-0.4, -0.2) is 23.3 Å². The van der Waals surface area contributed by atoms with E-state index < -0.39 is 11.8 Å². The molecule has 2 amide bonds. The summed E-state index contributed by atoms with van der Waals surface area (Å²) in [6.45, 7) is -0.0244. The Kier molecular flexibility index (Phi) is 5.52. The Morgan fingerprint density at radius 3 is 2.61 bits per heavy atom. The van der Waals surface area contributed by atoms with E-state index in [1.165, 1.54) is 0 Å². The predicted octanol–water partition coefficient (Wildman–Crippen LogP) is 1.44. The smallest absolute Gasteiger partial charge is 0.313 e. The van der Waals surface area contributed by atoms with Crippen LogP contribution in [0.25, 0.3) is 0 Å². The molecule has 96 valence electrons. The van der Waals surface area contributed by atoms with Gasteiger partial charge in [-0.2, -0.15) is 0 Å². The number of anilines is 1. The highest BCUT2D eigenvalue weighted by Gasteiger charge is 2.14. The lowest BCUT2D eigenvalue weighted by Crippen LogP contribution is -2.39. The molecule has 4 N–H and O–H groups in total. The van der Waals surface area contributed by atoms with Crippen molar-refractivity contribution in [2.24, 2.45) is 5.73 Å². The van der Waals surface area contributed by atoms with E-state index in [1.807, 2.05) is 0 Å². The first-order valence-electron chi connectivity index (χ1n) is 4.72. The monoisotopic (exact) mass is 349 g/mol. The summed E-state index contributed by atoms with van der Waals surface area (Å²) in [5, 5.41) is 5.21. The van der Waals surface area contributed by atoms with Gasteiger partial charge in [-0.25, -0.2) is 0 Å². The summed E-state index contributed by atoms with van der Waals surface area (Å²) in [6, 6.07) is 4.77. The van der Waals surface area contributed by atoms with E-state index in [-0.39, 0.29) is 11.5 Å². The van der Waals surface area contributed by atoms with E-state index >= 15 is 0 Å². The molecule has 0 fully saturated rings. The summed E-state index contributed by atoms with van der Waals surface area (Å²) in [4.78, 5) is 23.0. The highest BCUT2D eigenvalue weighted by molar-refractivity contribution is 9.10. The summed E-state index contributed by atoms with van der Waals surface area (Å²) in [5.41, 5.74) is 5.64. The molecule has 0 aliphatic heterocycles. The summed E-state index contributed by atoms with van der Waals surface area (Å²) >= 11 is 13.5. The average molecular weight is 351 g/mol. The Hall–Kier alpha value is -1.18. The van der Waals surface area contributed by atoms with Gasteiger partial charge in [0.1, 0.15) is 0 Å². The third-order valence-electron chi connectivity index (χ3n) is 1.81. The molecule has 0 aliphatic carbocycles. The van der Waals surface area contributed by atoms with Crippen molar-refractivity contribution in [3.05, 3.63) is 27.7 Å². The zero-order chi connectivity index (χ0) is 13.7. The molecule has 0 aromatic heterocycles. The second-order valence-corrected chi connectivity index (χ2v) is 5.04. The summed E-state index contributed by atoms with van der Waals surface area (Å²) in [5.74, 6) is -1.63. The molecular weight excluding hydrogens is 342 g/mol. The number of amides is 2. The fourth-order valence-corrected chi connectivity index (χ4v) is 1.87. The number of thiocarbonyl (C=S) groups is 1.